The molecule has 3 rings (SSSR count). The predicted molar refractivity (Wildman–Crippen MR) is 100 cm³/mol. The molecule has 0 unspecified atom stereocenters. The molecule has 0 bridgehead atoms. The number of nitrogens with zero attached hydrogens (tertiary/aromatic N) is 3. The first kappa shape index (κ1) is 18.9. The highest BCUT2D eigenvalue weighted by molar-refractivity contribution is 7.13. The molecule has 140 valence electrons. The Kier molecular flexibility index (Phi) is 5.67. The second kappa shape index (κ2) is 7.80. The summed E-state index contributed by atoms with van der Waals surface area (Å²) < 4.78 is 41.1. The monoisotopic (exact) mass is 381 g/mol. The normalized spacial score (nSPS) is 12.4. The lowest BCUT2D eigenvalue weighted by Crippen LogP contribution is -2.24. The fraction of sp³-hybridized carbons (Fsp3) is 0.421. The summed E-state index contributed by atoms with van der Waals surface area (Å²) in [5, 5.41) is 1.95. The highest BCUT2D eigenvalue weighted by Gasteiger charge is 2.31. The van der Waals surface area contributed by atoms with Crippen LogP contribution in [0.4, 0.5) is 13.2 Å². The van der Waals surface area contributed by atoms with E-state index in [4.69, 9.17) is 0 Å². The summed E-state index contributed by atoms with van der Waals surface area (Å²) in [7, 11) is 0. The Morgan fingerprint density at radius 2 is 1.92 bits per heavy atom. The van der Waals surface area contributed by atoms with E-state index in [1.807, 2.05) is 22.1 Å². The minimum absolute atomic E-state index is 0.395. The van der Waals surface area contributed by atoms with Gasteiger partial charge in [-0.1, -0.05) is 19.9 Å². The average molecular weight is 381 g/mol. The molecule has 7 heteroatoms. The zero-order valence-electron chi connectivity index (χ0n) is 14.9. The molecule has 0 saturated carbocycles. The van der Waals surface area contributed by atoms with Crippen molar-refractivity contribution in [3.8, 4) is 10.7 Å². The second-order valence-corrected chi connectivity index (χ2v) is 7.09. The minimum atomic E-state index is -4.36. The van der Waals surface area contributed by atoms with Crippen molar-refractivity contribution in [2.75, 3.05) is 19.6 Å². The first-order valence-electron chi connectivity index (χ1n) is 8.77. The highest BCUT2D eigenvalue weighted by Crippen LogP contribution is 2.34. The van der Waals surface area contributed by atoms with Gasteiger partial charge in [-0.2, -0.15) is 13.2 Å². The van der Waals surface area contributed by atoms with Crippen molar-refractivity contribution in [1.29, 1.82) is 0 Å². The molecule has 1 aromatic carbocycles. The molecule has 26 heavy (non-hydrogen) atoms. The van der Waals surface area contributed by atoms with Crippen molar-refractivity contribution in [1.82, 2.24) is 14.5 Å². The van der Waals surface area contributed by atoms with E-state index >= 15 is 0 Å². The van der Waals surface area contributed by atoms with Gasteiger partial charge < -0.3 is 9.47 Å². The van der Waals surface area contributed by atoms with Crippen LogP contribution in [0.5, 0.6) is 0 Å². The number of thiophene rings is 1. The molecule has 0 amide bonds. The van der Waals surface area contributed by atoms with Crippen molar-refractivity contribution < 1.29 is 13.2 Å². The van der Waals surface area contributed by atoms with E-state index in [0.717, 1.165) is 61.0 Å². The highest BCUT2D eigenvalue weighted by atomic mass is 32.1. The molecule has 0 N–H and O–H groups in total. The molecule has 3 nitrogen and oxygen atoms in total. The Morgan fingerprint density at radius 1 is 1.15 bits per heavy atom. The van der Waals surface area contributed by atoms with Gasteiger partial charge >= 0.3 is 6.18 Å². The zero-order chi connectivity index (χ0) is 18.7. The van der Waals surface area contributed by atoms with Crippen molar-refractivity contribution >= 4 is 22.4 Å². The maximum atomic E-state index is 13.0. The van der Waals surface area contributed by atoms with E-state index < -0.39 is 11.7 Å². The van der Waals surface area contributed by atoms with E-state index in [2.05, 4.69) is 23.7 Å². The predicted octanol–water partition coefficient (Wildman–Crippen LogP) is 5.52. The smallest absolute Gasteiger partial charge is 0.323 e. The SMILES string of the molecule is CCN(CC)CCCn1c(-c2cccs2)nc2cc(C(F)(F)F)ccc21. The van der Waals surface area contributed by atoms with Crippen LogP contribution in [0.15, 0.2) is 35.7 Å². The fourth-order valence-corrected chi connectivity index (χ4v) is 3.84. The first-order chi connectivity index (χ1) is 12.4. The van der Waals surface area contributed by atoms with Crippen molar-refractivity contribution in [3.05, 3.63) is 41.3 Å². The minimum Gasteiger partial charge on any atom is -0.323 e. The lowest BCUT2D eigenvalue weighted by molar-refractivity contribution is -0.137. The van der Waals surface area contributed by atoms with Crippen LogP contribution in [0, 0.1) is 0 Å². The van der Waals surface area contributed by atoms with Gasteiger partial charge in [0.2, 0.25) is 0 Å². The number of imidazole rings is 1. The largest absolute Gasteiger partial charge is 0.416 e. The van der Waals surface area contributed by atoms with E-state index in [9.17, 15) is 13.2 Å². The second-order valence-electron chi connectivity index (χ2n) is 6.15. The van der Waals surface area contributed by atoms with Gasteiger partial charge in [0.15, 0.2) is 5.82 Å². The number of hydrogen-bond donors (Lipinski definition) is 0. The molecule has 0 radical (unpaired) electrons. The van der Waals surface area contributed by atoms with Gasteiger partial charge in [0.25, 0.3) is 0 Å². The third-order valence-corrected chi connectivity index (χ3v) is 5.43. The first-order valence-corrected chi connectivity index (χ1v) is 9.65. The van der Waals surface area contributed by atoms with Crippen LogP contribution in [-0.2, 0) is 12.7 Å². The standard InChI is InChI=1S/C19H22F3N3S/c1-3-24(4-2)10-6-11-25-16-9-8-14(19(20,21)22)13-15(16)23-18(25)17-7-5-12-26-17/h5,7-9,12-13H,3-4,6,10-11H2,1-2H3. The lowest BCUT2D eigenvalue weighted by atomic mass is 10.2. The van der Waals surface area contributed by atoms with Crippen LogP contribution in [-0.4, -0.2) is 34.1 Å². The maximum absolute atomic E-state index is 13.0. The number of alkyl halides is 3. The summed E-state index contributed by atoms with van der Waals surface area (Å²) >= 11 is 1.55. The zero-order valence-corrected chi connectivity index (χ0v) is 15.7. The van der Waals surface area contributed by atoms with Crippen molar-refractivity contribution in [2.45, 2.75) is 33.0 Å². The Hall–Kier alpha value is -1.86. The van der Waals surface area contributed by atoms with E-state index in [1.54, 1.807) is 17.4 Å². The average Bonchev–Trinajstić information content (AvgIpc) is 3.25. The molecule has 0 aliphatic rings. The Balaban J connectivity index is 1.97. The lowest BCUT2D eigenvalue weighted by Gasteiger charge is -2.18. The molecule has 0 atom stereocenters. The Labute approximate surface area is 155 Å². The van der Waals surface area contributed by atoms with E-state index in [0.29, 0.717) is 5.52 Å². The molecule has 0 spiro atoms. The number of benzene rings is 1. The van der Waals surface area contributed by atoms with Crippen LogP contribution in [0.2, 0.25) is 0 Å². The fourth-order valence-electron chi connectivity index (χ4n) is 3.12. The number of rotatable bonds is 7. The number of halogens is 3. The molecule has 2 heterocycles. The van der Waals surface area contributed by atoms with Gasteiger partial charge in [0.1, 0.15) is 0 Å². The summed E-state index contributed by atoms with van der Waals surface area (Å²) in [6, 6.07) is 7.72. The Morgan fingerprint density at radius 3 is 2.54 bits per heavy atom. The Bertz CT molecular complexity index is 849. The molecular weight excluding hydrogens is 359 g/mol. The van der Waals surface area contributed by atoms with E-state index in [1.165, 1.54) is 0 Å². The number of aromatic nitrogens is 2. The number of fused-ring (bicyclic) bond motifs is 1. The van der Waals surface area contributed by atoms with Gasteiger partial charge in [-0.25, -0.2) is 4.98 Å². The molecule has 3 aromatic rings. The number of aryl methyl sites for hydroxylation is 1. The molecule has 0 fully saturated rings. The van der Waals surface area contributed by atoms with Crippen LogP contribution in [0.1, 0.15) is 25.8 Å². The number of hydrogen-bond acceptors (Lipinski definition) is 3. The van der Waals surface area contributed by atoms with Crippen LogP contribution in [0.3, 0.4) is 0 Å². The van der Waals surface area contributed by atoms with Crippen LogP contribution < -0.4 is 0 Å². The summed E-state index contributed by atoms with van der Waals surface area (Å²) in [4.78, 5) is 7.84. The molecule has 0 saturated heterocycles. The van der Waals surface area contributed by atoms with Crippen LogP contribution >= 0.6 is 11.3 Å². The van der Waals surface area contributed by atoms with Crippen molar-refractivity contribution in [2.24, 2.45) is 0 Å². The van der Waals surface area contributed by atoms with E-state index in [-0.39, 0.29) is 0 Å². The summed E-state index contributed by atoms with van der Waals surface area (Å²) in [6.45, 7) is 7.93. The van der Waals surface area contributed by atoms with Crippen molar-refractivity contribution in [3.63, 3.8) is 0 Å². The third-order valence-electron chi connectivity index (χ3n) is 4.57. The van der Waals surface area contributed by atoms with Gasteiger partial charge in [-0.3, -0.25) is 0 Å². The van der Waals surface area contributed by atoms with Gasteiger partial charge in [0.05, 0.1) is 21.5 Å². The van der Waals surface area contributed by atoms with Gasteiger partial charge in [-0.05, 0) is 55.7 Å². The van der Waals surface area contributed by atoms with Crippen LogP contribution in [0.25, 0.3) is 21.7 Å². The molecular formula is C19H22F3N3S. The summed E-state index contributed by atoms with van der Waals surface area (Å²) in [5.41, 5.74) is 0.488. The van der Waals surface area contributed by atoms with Gasteiger partial charge in [0, 0.05) is 6.54 Å². The summed E-state index contributed by atoms with van der Waals surface area (Å²) in [5.74, 6) is 0.744. The molecule has 0 aliphatic heterocycles. The summed E-state index contributed by atoms with van der Waals surface area (Å²) in [6.07, 6.45) is -3.43. The topological polar surface area (TPSA) is 21.1 Å². The third kappa shape index (κ3) is 3.94. The maximum Gasteiger partial charge on any atom is 0.416 e. The quantitative estimate of drug-likeness (QED) is 0.538. The van der Waals surface area contributed by atoms with Gasteiger partial charge in [-0.15, -0.1) is 11.3 Å². The molecule has 0 aliphatic carbocycles. The molecule has 2 aromatic heterocycles.